The Morgan fingerprint density at radius 3 is 2.50 bits per heavy atom. The van der Waals surface area contributed by atoms with E-state index in [-0.39, 0.29) is 6.04 Å². The molecule has 5 rings (SSSR count). The van der Waals surface area contributed by atoms with Crippen LogP contribution < -0.4 is 5.01 Å². The van der Waals surface area contributed by atoms with Gasteiger partial charge in [0.05, 0.1) is 22.3 Å². The summed E-state index contributed by atoms with van der Waals surface area (Å²) in [5.41, 5.74) is 5.82. The van der Waals surface area contributed by atoms with Crippen LogP contribution in [0.25, 0.3) is 11.3 Å². The second-order valence-corrected chi connectivity index (χ2v) is 8.66. The topological polar surface area (TPSA) is 28.5 Å². The monoisotopic (exact) mass is 401 g/mol. The van der Waals surface area contributed by atoms with Crippen molar-refractivity contribution in [1.29, 1.82) is 0 Å². The lowest BCUT2D eigenvalue weighted by atomic mass is 10.0. The number of thiophene rings is 1. The predicted molar refractivity (Wildman–Crippen MR) is 119 cm³/mol. The third kappa shape index (κ3) is 3.28. The van der Waals surface area contributed by atoms with Crippen LogP contribution in [0, 0.1) is 6.92 Å². The van der Waals surface area contributed by atoms with Gasteiger partial charge >= 0.3 is 0 Å². The minimum absolute atomic E-state index is 0.174. The molecule has 5 heteroatoms. The number of benzene rings is 2. The largest absolute Gasteiger partial charge is 0.231 e. The lowest BCUT2D eigenvalue weighted by Crippen LogP contribution is -2.18. The van der Waals surface area contributed by atoms with Gasteiger partial charge in [-0.25, -0.2) is 9.99 Å². The lowest BCUT2D eigenvalue weighted by molar-refractivity contribution is 0.706. The summed E-state index contributed by atoms with van der Waals surface area (Å²) in [5, 5.41) is 12.3. The fraction of sp³-hybridized carbons (Fsp3) is 0.130. The fourth-order valence-electron chi connectivity index (χ4n) is 3.44. The molecule has 0 unspecified atom stereocenters. The summed E-state index contributed by atoms with van der Waals surface area (Å²) in [6, 6.07) is 23.5. The molecule has 0 saturated heterocycles. The molecule has 0 N–H and O–H groups in total. The van der Waals surface area contributed by atoms with Gasteiger partial charge < -0.3 is 0 Å². The number of hydrogen-bond donors (Lipinski definition) is 0. The van der Waals surface area contributed by atoms with Crippen LogP contribution in [0.2, 0.25) is 0 Å². The van der Waals surface area contributed by atoms with Gasteiger partial charge in [0.2, 0.25) is 5.13 Å². The normalized spacial score (nSPS) is 16.4. The summed E-state index contributed by atoms with van der Waals surface area (Å²) in [5.74, 6) is 0. The molecule has 3 heterocycles. The molecule has 1 aliphatic heterocycles. The molecule has 2 aromatic heterocycles. The van der Waals surface area contributed by atoms with Gasteiger partial charge in [-0.15, -0.1) is 22.7 Å². The van der Waals surface area contributed by atoms with E-state index in [1.54, 1.807) is 22.7 Å². The SMILES string of the molecule is Cc1ccc([C@H]2CC(c3cccs3)=NN2c2nc(-c3ccccc3)cs2)cc1. The minimum Gasteiger partial charge on any atom is -0.231 e. The van der Waals surface area contributed by atoms with Crippen LogP contribution in [0.5, 0.6) is 0 Å². The van der Waals surface area contributed by atoms with Crippen molar-refractivity contribution in [3.8, 4) is 11.3 Å². The van der Waals surface area contributed by atoms with Crippen LogP contribution in [-0.2, 0) is 0 Å². The third-order valence-corrected chi connectivity index (χ3v) is 6.68. The number of thiazole rings is 1. The molecule has 1 aliphatic rings. The quantitative estimate of drug-likeness (QED) is 0.389. The Hall–Kier alpha value is -2.76. The first-order valence-electron chi connectivity index (χ1n) is 9.26. The van der Waals surface area contributed by atoms with E-state index in [4.69, 9.17) is 10.1 Å². The van der Waals surface area contributed by atoms with Crippen molar-refractivity contribution in [2.75, 3.05) is 5.01 Å². The van der Waals surface area contributed by atoms with Gasteiger partial charge in [0.25, 0.3) is 0 Å². The first-order valence-corrected chi connectivity index (χ1v) is 11.0. The Kier molecular flexibility index (Phi) is 4.55. The average molecular weight is 402 g/mol. The zero-order valence-corrected chi connectivity index (χ0v) is 17.1. The van der Waals surface area contributed by atoms with Crippen LogP contribution >= 0.6 is 22.7 Å². The molecule has 2 aromatic carbocycles. The van der Waals surface area contributed by atoms with Crippen LogP contribution in [0.4, 0.5) is 5.13 Å². The Morgan fingerprint density at radius 2 is 1.75 bits per heavy atom. The number of rotatable bonds is 4. The molecule has 3 nitrogen and oxygen atoms in total. The van der Waals surface area contributed by atoms with Crippen LogP contribution in [0.1, 0.15) is 28.5 Å². The molecule has 0 spiro atoms. The van der Waals surface area contributed by atoms with E-state index >= 15 is 0 Å². The van der Waals surface area contributed by atoms with Crippen LogP contribution in [-0.4, -0.2) is 10.7 Å². The summed E-state index contributed by atoms with van der Waals surface area (Å²) in [7, 11) is 0. The number of anilines is 1. The van der Waals surface area contributed by atoms with Gasteiger partial charge in [0.1, 0.15) is 0 Å². The van der Waals surface area contributed by atoms with Crippen LogP contribution in [0.15, 0.2) is 82.6 Å². The molecule has 0 radical (unpaired) electrons. The zero-order valence-electron chi connectivity index (χ0n) is 15.4. The summed E-state index contributed by atoms with van der Waals surface area (Å²) >= 11 is 3.40. The highest BCUT2D eigenvalue weighted by Crippen LogP contribution is 2.39. The Morgan fingerprint density at radius 1 is 0.929 bits per heavy atom. The first kappa shape index (κ1) is 17.3. The van der Waals surface area contributed by atoms with Gasteiger partial charge in [0, 0.05) is 17.4 Å². The van der Waals surface area contributed by atoms with Crippen molar-refractivity contribution >= 4 is 33.5 Å². The standard InChI is InChI=1S/C23H19N3S2/c1-16-9-11-18(12-10-16)21-14-19(22-8-5-13-27-22)25-26(21)23-24-20(15-28-23)17-6-3-2-4-7-17/h2-13,15,21H,14H2,1H3/t21-/m1/s1. The van der Waals surface area contributed by atoms with Gasteiger partial charge in [-0.3, -0.25) is 0 Å². The number of hydrogen-bond acceptors (Lipinski definition) is 5. The molecule has 0 bridgehead atoms. The fourth-order valence-corrected chi connectivity index (χ4v) is 4.99. The summed E-state index contributed by atoms with van der Waals surface area (Å²) in [6.07, 6.45) is 0.893. The van der Waals surface area contributed by atoms with Crippen molar-refractivity contribution < 1.29 is 0 Å². The van der Waals surface area contributed by atoms with Crippen molar-refractivity contribution in [1.82, 2.24) is 4.98 Å². The highest BCUT2D eigenvalue weighted by Gasteiger charge is 2.32. The van der Waals surface area contributed by atoms with E-state index in [1.165, 1.54) is 16.0 Å². The molecule has 138 valence electrons. The van der Waals surface area contributed by atoms with Crippen LogP contribution in [0.3, 0.4) is 0 Å². The molecule has 0 amide bonds. The van der Waals surface area contributed by atoms with E-state index in [0.29, 0.717) is 0 Å². The molecule has 0 fully saturated rings. The molecule has 4 aromatic rings. The first-order chi connectivity index (χ1) is 13.8. The molecule has 28 heavy (non-hydrogen) atoms. The maximum absolute atomic E-state index is 5.00. The maximum atomic E-state index is 5.00. The summed E-state index contributed by atoms with van der Waals surface area (Å²) < 4.78 is 0. The van der Waals surface area contributed by atoms with Crippen molar-refractivity contribution in [3.05, 3.63) is 93.5 Å². The van der Waals surface area contributed by atoms with Gasteiger partial charge in [-0.1, -0.05) is 66.2 Å². The van der Waals surface area contributed by atoms with Crippen molar-refractivity contribution in [2.45, 2.75) is 19.4 Å². The average Bonchev–Trinajstić information content (AvgIpc) is 3.48. The second kappa shape index (κ2) is 7.34. The molecule has 1 atom stereocenters. The second-order valence-electron chi connectivity index (χ2n) is 6.88. The van der Waals surface area contributed by atoms with Crippen molar-refractivity contribution in [2.24, 2.45) is 5.10 Å². The van der Waals surface area contributed by atoms with E-state index < -0.39 is 0 Å². The molecule has 0 aliphatic carbocycles. The van der Waals surface area contributed by atoms with E-state index in [9.17, 15) is 0 Å². The van der Waals surface area contributed by atoms with Gasteiger partial charge in [-0.2, -0.15) is 5.10 Å². The van der Waals surface area contributed by atoms with Gasteiger partial charge in [-0.05, 0) is 23.9 Å². The molecular weight excluding hydrogens is 382 g/mol. The predicted octanol–water partition coefficient (Wildman–Crippen LogP) is 6.54. The maximum Gasteiger partial charge on any atom is 0.207 e. The minimum atomic E-state index is 0.174. The summed E-state index contributed by atoms with van der Waals surface area (Å²) in [4.78, 5) is 6.15. The molecular formula is C23H19N3S2. The van der Waals surface area contributed by atoms with E-state index in [1.807, 2.05) is 18.2 Å². The highest BCUT2D eigenvalue weighted by molar-refractivity contribution is 7.14. The summed E-state index contributed by atoms with van der Waals surface area (Å²) in [6.45, 7) is 2.12. The van der Waals surface area contributed by atoms with Gasteiger partial charge in [0.15, 0.2) is 0 Å². The number of aryl methyl sites for hydroxylation is 1. The van der Waals surface area contributed by atoms with Crippen molar-refractivity contribution in [3.63, 3.8) is 0 Å². The smallest absolute Gasteiger partial charge is 0.207 e. The van der Waals surface area contributed by atoms with E-state index in [2.05, 4.69) is 71.2 Å². The molecule has 0 saturated carbocycles. The van der Waals surface area contributed by atoms with E-state index in [0.717, 1.165) is 28.5 Å². The lowest BCUT2D eigenvalue weighted by Gasteiger charge is -2.21. The zero-order chi connectivity index (χ0) is 18.9. The number of aromatic nitrogens is 1. The third-order valence-electron chi connectivity index (χ3n) is 4.94. The number of nitrogens with zero attached hydrogens (tertiary/aromatic N) is 3. The Labute approximate surface area is 172 Å². The Balaban J connectivity index is 1.53. The highest BCUT2D eigenvalue weighted by atomic mass is 32.1. The Bertz CT molecular complexity index is 1100. The number of hydrazone groups is 1.